The van der Waals surface area contributed by atoms with Gasteiger partial charge in [0.2, 0.25) is 0 Å². The van der Waals surface area contributed by atoms with Crippen molar-refractivity contribution in [3.05, 3.63) is 23.8 Å². The Morgan fingerprint density at radius 3 is 2.45 bits per heavy atom. The van der Waals surface area contributed by atoms with Gasteiger partial charge in [0, 0.05) is 11.3 Å². The lowest BCUT2D eigenvalue weighted by molar-refractivity contribution is -0.274. The van der Waals surface area contributed by atoms with Gasteiger partial charge in [-0.1, -0.05) is 0 Å². The van der Waals surface area contributed by atoms with E-state index >= 15 is 0 Å². The lowest BCUT2D eigenvalue weighted by Gasteiger charge is -2.19. The largest absolute Gasteiger partial charge is 0.573 e. The van der Waals surface area contributed by atoms with E-state index in [-0.39, 0.29) is 11.3 Å². The first kappa shape index (κ1) is 16.1. The SMILES string of the molecule is Nc1ccc(OC(F)(F)F)cc1C(O)C(O)CC(=O)O. The molecule has 0 aliphatic heterocycles. The summed E-state index contributed by atoms with van der Waals surface area (Å²) in [5.74, 6) is -2.01. The number of anilines is 1. The van der Waals surface area contributed by atoms with Crippen LogP contribution in [-0.2, 0) is 4.79 Å². The van der Waals surface area contributed by atoms with E-state index in [1.54, 1.807) is 0 Å². The van der Waals surface area contributed by atoms with Gasteiger partial charge in [0.05, 0.1) is 12.5 Å². The summed E-state index contributed by atoms with van der Waals surface area (Å²) in [7, 11) is 0. The predicted molar refractivity (Wildman–Crippen MR) is 60.8 cm³/mol. The molecule has 20 heavy (non-hydrogen) atoms. The number of aliphatic hydroxyl groups excluding tert-OH is 2. The second kappa shape index (κ2) is 5.97. The van der Waals surface area contributed by atoms with Crippen molar-refractivity contribution in [3.8, 4) is 5.75 Å². The van der Waals surface area contributed by atoms with Crippen molar-refractivity contribution in [2.45, 2.75) is 25.0 Å². The normalized spacial score (nSPS) is 14.7. The van der Waals surface area contributed by atoms with E-state index in [4.69, 9.17) is 10.8 Å². The molecule has 0 bridgehead atoms. The Balaban J connectivity index is 2.98. The quantitative estimate of drug-likeness (QED) is 0.604. The molecule has 0 saturated heterocycles. The first-order valence-electron chi connectivity index (χ1n) is 5.33. The molecule has 0 saturated carbocycles. The Kier molecular flexibility index (Phi) is 4.79. The maximum absolute atomic E-state index is 12.1. The van der Waals surface area contributed by atoms with Crippen LogP contribution in [0.3, 0.4) is 0 Å². The molecule has 1 rings (SSSR count). The number of nitrogen functional groups attached to an aromatic ring is 1. The highest BCUT2D eigenvalue weighted by atomic mass is 19.4. The van der Waals surface area contributed by atoms with Gasteiger partial charge in [-0.25, -0.2) is 0 Å². The van der Waals surface area contributed by atoms with Crippen LogP contribution >= 0.6 is 0 Å². The van der Waals surface area contributed by atoms with E-state index in [0.29, 0.717) is 0 Å². The zero-order valence-corrected chi connectivity index (χ0v) is 9.96. The molecular formula is C11H12F3NO5. The minimum atomic E-state index is -4.92. The van der Waals surface area contributed by atoms with Gasteiger partial charge < -0.3 is 25.8 Å². The van der Waals surface area contributed by atoms with Gasteiger partial charge in [-0.15, -0.1) is 13.2 Å². The number of carboxylic acids is 1. The Hall–Kier alpha value is -2.00. The summed E-state index contributed by atoms with van der Waals surface area (Å²) in [6.07, 6.45) is -9.16. The molecule has 0 radical (unpaired) electrons. The number of carboxylic acid groups (broad SMARTS) is 1. The molecule has 2 atom stereocenters. The number of hydrogen-bond donors (Lipinski definition) is 4. The number of aliphatic hydroxyl groups is 2. The molecule has 0 amide bonds. The summed E-state index contributed by atoms with van der Waals surface area (Å²) < 4.78 is 39.8. The summed E-state index contributed by atoms with van der Waals surface area (Å²) in [5, 5.41) is 27.6. The van der Waals surface area contributed by atoms with Gasteiger partial charge in [0.1, 0.15) is 11.9 Å². The van der Waals surface area contributed by atoms with Crippen molar-refractivity contribution in [3.63, 3.8) is 0 Å². The number of rotatable bonds is 5. The van der Waals surface area contributed by atoms with Crippen molar-refractivity contribution in [1.82, 2.24) is 0 Å². The first-order chi connectivity index (χ1) is 9.10. The molecule has 0 aliphatic carbocycles. The number of benzene rings is 1. The highest BCUT2D eigenvalue weighted by Gasteiger charge is 2.32. The van der Waals surface area contributed by atoms with Gasteiger partial charge in [0.15, 0.2) is 0 Å². The fourth-order valence-corrected chi connectivity index (χ4v) is 1.50. The van der Waals surface area contributed by atoms with Crippen molar-refractivity contribution in [1.29, 1.82) is 0 Å². The average Bonchev–Trinajstić information content (AvgIpc) is 2.28. The molecule has 0 fully saturated rings. The molecular weight excluding hydrogens is 283 g/mol. The lowest BCUT2D eigenvalue weighted by atomic mass is 10.0. The third kappa shape index (κ3) is 4.59. The Labute approximate surface area is 111 Å². The topological polar surface area (TPSA) is 113 Å². The van der Waals surface area contributed by atoms with Crippen LogP contribution in [0.4, 0.5) is 18.9 Å². The van der Waals surface area contributed by atoms with Crippen LogP contribution in [0.2, 0.25) is 0 Å². The molecule has 0 aromatic heterocycles. The highest BCUT2D eigenvalue weighted by Crippen LogP contribution is 2.31. The van der Waals surface area contributed by atoms with Gasteiger partial charge in [0.25, 0.3) is 0 Å². The van der Waals surface area contributed by atoms with Crippen molar-refractivity contribution in [2.24, 2.45) is 0 Å². The molecule has 112 valence electrons. The van der Waals surface area contributed by atoms with E-state index in [1.807, 2.05) is 0 Å². The molecule has 0 spiro atoms. The van der Waals surface area contributed by atoms with E-state index < -0.39 is 36.7 Å². The molecule has 2 unspecified atom stereocenters. The van der Waals surface area contributed by atoms with Crippen LogP contribution in [0.25, 0.3) is 0 Å². The number of nitrogens with two attached hydrogens (primary N) is 1. The summed E-state index contributed by atoms with van der Waals surface area (Å²) >= 11 is 0. The van der Waals surface area contributed by atoms with Gasteiger partial charge >= 0.3 is 12.3 Å². The summed E-state index contributed by atoms with van der Waals surface area (Å²) in [5.41, 5.74) is 5.12. The molecule has 6 nitrogen and oxygen atoms in total. The summed E-state index contributed by atoms with van der Waals surface area (Å²) in [4.78, 5) is 10.4. The fourth-order valence-electron chi connectivity index (χ4n) is 1.50. The van der Waals surface area contributed by atoms with Crippen molar-refractivity contribution < 1.29 is 38.0 Å². The number of carbonyl (C=O) groups is 1. The van der Waals surface area contributed by atoms with Crippen molar-refractivity contribution in [2.75, 3.05) is 5.73 Å². The third-order valence-electron chi connectivity index (χ3n) is 2.36. The molecule has 1 aromatic carbocycles. The molecule has 0 aliphatic rings. The van der Waals surface area contributed by atoms with Crippen LogP contribution in [0.1, 0.15) is 18.1 Å². The Bertz CT molecular complexity index is 491. The standard InChI is InChI=1S/C11H12F3NO5/c12-11(13,14)20-5-1-2-7(15)6(3-5)10(19)8(16)4-9(17)18/h1-3,8,10,16,19H,4,15H2,(H,17,18). The van der Waals surface area contributed by atoms with Crippen LogP contribution in [0.5, 0.6) is 5.75 Å². The maximum Gasteiger partial charge on any atom is 0.573 e. The number of ether oxygens (including phenoxy) is 1. The summed E-state index contributed by atoms with van der Waals surface area (Å²) in [6, 6.07) is 2.77. The second-order valence-electron chi connectivity index (χ2n) is 3.95. The van der Waals surface area contributed by atoms with Crippen molar-refractivity contribution >= 4 is 11.7 Å². The van der Waals surface area contributed by atoms with Crippen LogP contribution in [-0.4, -0.2) is 33.8 Å². The molecule has 9 heteroatoms. The maximum atomic E-state index is 12.1. The Morgan fingerprint density at radius 1 is 1.35 bits per heavy atom. The van der Waals surface area contributed by atoms with E-state index in [9.17, 15) is 28.2 Å². The highest BCUT2D eigenvalue weighted by molar-refractivity contribution is 5.67. The molecule has 0 heterocycles. The molecule has 1 aromatic rings. The van der Waals surface area contributed by atoms with Crippen LogP contribution in [0.15, 0.2) is 18.2 Å². The first-order valence-corrected chi connectivity index (χ1v) is 5.33. The van der Waals surface area contributed by atoms with Crippen LogP contribution < -0.4 is 10.5 Å². The monoisotopic (exact) mass is 295 g/mol. The number of aliphatic carboxylic acids is 1. The lowest BCUT2D eigenvalue weighted by Crippen LogP contribution is -2.23. The fraction of sp³-hybridized carbons (Fsp3) is 0.364. The zero-order valence-electron chi connectivity index (χ0n) is 9.96. The van der Waals surface area contributed by atoms with Crippen LogP contribution in [0, 0.1) is 0 Å². The smallest absolute Gasteiger partial charge is 0.481 e. The van der Waals surface area contributed by atoms with Gasteiger partial charge in [-0.05, 0) is 18.2 Å². The van der Waals surface area contributed by atoms with Gasteiger partial charge in [-0.3, -0.25) is 4.79 Å². The molecule has 5 N–H and O–H groups in total. The van der Waals surface area contributed by atoms with E-state index in [2.05, 4.69) is 4.74 Å². The van der Waals surface area contributed by atoms with E-state index in [0.717, 1.165) is 18.2 Å². The minimum Gasteiger partial charge on any atom is -0.481 e. The average molecular weight is 295 g/mol. The zero-order chi connectivity index (χ0) is 15.5. The van der Waals surface area contributed by atoms with Gasteiger partial charge in [-0.2, -0.15) is 0 Å². The predicted octanol–water partition coefficient (Wildman–Crippen LogP) is 1.04. The minimum absolute atomic E-state index is 0.100. The summed E-state index contributed by atoms with van der Waals surface area (Å²) in [6.45, 7) is 0. The van der Waals surface area contributed by atoms with E-state index in [1.165, 1.54) is 0 Å². The Morgan fingerprint density at radius 2 is 1.95 bits per heavy atom. The number of alkyl halides is 3. The number of halogens is 3. The number of hydrogen-bond acceptors (Lipinski definition) is 5. The third-order valence-corrected chi connectivity index (χ3v) is 2.36. The second-order valence-corrected chi connectivity index (χ2v) is 3.95.